The number of nitrogens with zero attached hydrogens (tertiary/aromatic N) is 3. The molecule has 1 saturated heterocycles. The van der Waals surface area contributed by atoms with Crippen LogP contribution in [-0.4, -0.2) is 48.3 Å². The number of nitrogens with one attached hydrogen (secondary N) is 2. The van der Waals surface area contributed by atoms with Gasteiger partial charge in [0.15, 0.2) is 0 Å². The number of likely N-dealkylation sites (N-methyl/N-ethyl adjacent to an activating group) is 1. The van der Waals surface area contributed by atoms with E-state index in [1.807, 2.05) is 37.4 Å². The van der Waals surface area contributed by atoms with Gasteiger partial charge in [0.1, 0.15) is 11.8 Å². The minimum atomic E-state index is -0.123. The van der Waals surface area contributed by atoms with Crippen LogP contribution in [-0.2, 0) is 6.42 Å². The number of aromatic nitrogens is 2. The summed E-state index contributed by atoms with van der Waals surface area (Å²) in [6.07, 6.45) is 4.62. The van der Waals surface area contributed by atoms with Gasteiger partial charge in [0, 0.05) is 25.7 Å². The molecule has 1 aliphatic heterocycles. The Morgan fingerprint density at radius 2 is 2.04 bits per heavy atom. The van der Waals surface area contributed by atoms with Crippen LogP contribution in [0.5, 0.6) is 0 Å². The van der Waals surface area contributed by atoms with Crippen molar-refractivity contribution >= 4 is 22.8 Å². The van der Waals surface area contributed by atoms with Crippen molar-refractivity contribution in [2.24, 2.45) is 0 Å². The van der Waals surface area contributed by atoms with Gasteiger partial charge in [-0.15, -0.1) is 0 Å². The lowest BCUT2D eigenvalue weighted by molar-refractivity contribution is 0.243. The monoisotopic (exact) mass is 377 g/mol. The maximum Gasteiger partial charge on any atom is 0.327 e. The minimum Gasteiger partial charge on any atom is -0.368 e. The smallest absolute Gasteiger partial charge is 0.327 e. The Labute approximate surface area is 165 Å². The molecule has 0 saturated carbocycles. The molecule has 6 heteroatoms. The highest BCUT2D eigenvalue weighted by atomic mass is 16.2. The van der Waals surface area contributed by atoms with Crippen molar-refractivity contribution in [3.8, 4) is 0 Å². The second-order valence-electron chi connectivity index (χ2n) is 7.30. The number of fused-ring (bicyclic) bond motifs is 1. The maximum absolute atomic E-state index is 12.7. The summed E-state index contributed by atoms with van der Waals surface area (Å²) in [5, 5.41) is 6.36. The summed E-state index contributed by atoms with van der Waals surface area (Å²) in [6.45, 7) is 2.61. The largest absolute Gasteiger partial charge is 0.368 e. The number of hydrogen-bond acceptors (Lipinski definition) is 4. The van der Waals surface area contributed by atoms with Gasteiger partial charge in [-0.1, -0.05) is 36.4 Å². The van der Waals surface area contributed by atoms with Gasteiger partial charge in [-0.2, -0.15) is 0 Å². The van der Waals surface area contributed by atoms with E-state index in [0.29, 0.717) is 12.6 Å². The molecule has 1 unspecified atom stereocenters. The van der Waals surface area contributed by atoms with Gasteiger partial charge >= 0.3 is 6.03 Å². The molecular weight excluding hydrogens is 350 g/mol. The fourth-order valence-corrected chi connectivity index (χ4v) is 3.87. The molecule has 0 spiro atoms. The predicted molar refractivity (Wildman–Crippen MR) is 113 cm³/mol. The number of amides is 1. The molecule has 6 nitrogen and oxygen atoms in total. The third-order valence-electron chi connectivity index (χ3n) is 5.47. The molecule has 1 fully saturated rings. The molecule has 2 heterocycles. The fourth-order valence-electron chi connectivity index (χ4n) is 3.87. The van der Waals surface area contributed by atoms with Gasteiger partial charge in [0.2, 0.25) is 0 Å². The lowest BCUT2D eigenvalue weighted by Crippen LogP contribution is -2.30. The quantitative estimate of drug-likeness (QED) is 0.648. The number of para-hydroxylation sites is 1. The van der Waals surface area contributed by atoms with Crippen molar-refractivity contribution in [3.05, 3.63) is 60.4 Å². The number of carbonyl (C=O) groups is 1. The van der Waals surface area contributed by atoms with Crippen molar-refractivity contribution < 1.29 is 4.79 Å². The number of hydrogen-bond donors (Lipinski definition) is 2. The summed E-state index contributed by atoms with van der Waals surface area (Å²) in [7, 11) is 2.01. The highest BCUT2D eigenvalue weighted by Gasteiger charge is 2.23. The summed E-state index contributed by atoms with van der Waals surface area (Å²) in [4.78, 5) is 19.5. The zero-order chi connectivity index (χ0) is 19.3. The van der Waals surface area contributed by atoms with E-state index in [2.05, 4.69) is 38.7 Å². The lowest BCUT2D eigenvalue weighted by Gasteiger charge is -2.19. The minimum absolute atomic E-state index is 0.123. The number of rotatable bonds is 6. The molecule has 1 aromatic heterocycles. The Bertz CT molecular complexity index is 937. The van der Waals surface area contributed by atoms with Gasteiger partial charge in [-0.25, -0.2) is 9.78 Å². The number of carbonyl (C=O) groups excluding carboxylic acids is 1. The van der Waals surface area contributed by atoms with Gasteiger partial charge in [-0.05, 0) is 44.0 Å². The molecule has 2 N–H and O–H groups in total. The summed E-state index contributed by atoms with van der Waals surface area (Å²) in [5.74, 6) is 0. The normalized spacial score (nSPS) is 16.6. The maximum atomic E-state index is 12.7. The number of anilines is 1. The van der Waals surface area contributed by atoms with Gasteiger partial charge in [0.25, 0.3) is 0 Å². The van der Waals surface area contributed by atoms with E-state index in [0.717, 1.165) is 49.1 Å². The van der Waals surface area contributed by atoms with Gasteiger partial charge < -0.3 is 15.5 Å². The first-order chi connectivity index (χ1) is 13.8. The van der Waals surface area contributed by atoms with Crippen LogP contribution in [0, 0.1) is 0 Å². The second-order valence-corrected chi connectivity index (χ2v) is 7.30. The summed E-state index contributed by atoms with van der Waals surface area (Å²) < 4.78 is 1.62. The zero-order valence-electron chi connectivity index (χ0n) is 16.3. The Hall–Kier alpha value is -2.86. The highest BCUT2D eigenvalue weighted by molar-refractivity contribution is 5.95. The molecule has 4 rings (SSSR count). The SMILES string of the molecule is CNC1CCN(c2cccc3c2ncn3C(=O)NCCCc2ccccc2)C1. The third-order valence-corrected chi connectivity index (χ3v) is 5.47. The van der Waals surface area contributed by atoms with Crippen LogP contribution in [0.3, 0.4) is 0 Å². The molecule has 0 radical (unpaired) electrons. The van der Waals surface area contributed by atoms with Crippen LogP contribution in [0.1, 0.15) is 18.4 Å². The average Bonchev–Trinajstić information content (AvgIpc) is 3.38. The van der Waals surface area contributed by atoms with E-state index in [1.54, 1.807) is 10.9 Å². The first-order valence-electron chi connectivity index (χ1n) is 9.96. The van der Waals surface area contributed by atoms with Crippen molar-refractivity contribution in [2.45, 2.75) is 25.3 Å². The van der Waals surface area contributed by atoms with E-state index in [9.17, 15) is 4.79 Å². The average molecular weight is 377 g/mol. The Kier molecular flexibility index (Phi) is 5.58. The molecule has 1 atom stereocenters. The molecule has 3 aromatic rings. The molecule has 0 bridgehead atoms. The van der Waals surface area contributed by atoms with Gasteiger partial charge in [0.05, 0.1) is 11.2 Å². The van der Waals surface area contributed by atoms with Crippen LogP contribution < -0.4 is 15.5 Å². The lowest BCUT2D eigenvalue weighted by atomic mass is 10.1. The van der Waals surface area contributed by atoms with E-state index in [-0.39, 0.29) is 6.03 Å². The topological polar surface area (TPSA) is 62.2 Å². The first kappa shape index (κ1) is 18.5. The number of imidazole rings is 1. The first-order valence-corrected chi connectivity index (χ1v) is 9.96. The van der Waals surface area contributed by atoms with Gasteiger partial charge in [-0.3, -0.25) is 4.57 Å². The van der Waals surface area contributed by atoms with Crippen LogP contribution in [0.25, 0.3) is 11.0 Å². The van der Waals surface area contributed by atoms with Crippen LogP contribution >= 0.6 is 0 Å². The van der Waals surface area contributed by atoms with Crippen molar-refractivity contribution in [2.75, 3.05) is 31.6 Å². The molecule has 0 aliphatic carbocycles. The third kappa shape index (κ3) is 3.87. The second kappa shape index (κ2) is 8.44. The fraction of sp³-hybridized carbons (Fsp3) is 0.364. The molecule has 146 valence electrons. The molecule has 2 aromatic carbocycles. The zero-order valence-corrected chi connectivity index (χ0v) is 16.3. The van der Waals surface area contributed by atoms with E-state index in [1.165, 1.54) is 5.56 Å². The number of aryl methyl sites for hydroxylation is 1. The number of benzene rings is 2. The summed E-state index contributed by atoms with van der Waals surface area (Å²) >= 11 is 0. The van der Waals surface area contributed by atoms with Crippen LogP contribution in [0.2, 0.25) is 0 Å². The van der Waals surface area contributed by atoms with E-state index < -0.39 is 0 Å². The van der Waals surface area contributed by atoms with Crippen molar-refractivity contribution in [3.63, 3.8) is 0 Å². The molecule has 1 amide bonds. The Morgan fingerprint density at radius 3 is 2.82 bits per heavy atom. The molecular formula is C22H27N5O. The van der Waals surface area contributed by atoms with E-state index >= 15 is 0 Å². The molecule has 1 aliphatic rings. The summed E-state index contributed by atoms with van der Waals surface area (Å²) in [5.41, 5.74) is 4.13. The highest BCUT2D eigenvalue weighted by Crippen LogP contribution is 2.28. The molecule has 28 heavy (non-hydrogen) atoms. The summed E-state index contributed by atoms with van der Waals surface area (Å²) in [6, 6.07) is 16.8. The van der Waals surface area contributed by atoms with E-state index in [4.69, 9.17) is 0 Å². The van der Waals surface area contributed by atoms with Crippen LogP contribution in [0.4, 0.5) is 10.5 Å². The standard InChI is InChI=1S/C22H27N5O/c1-23-18-12-14-26(15-18)19-10-5-11-20-21(19)25-16-27(20)22(28)24-13-6-9-17-7-3-2-4-8-17/h2-5,7-8,10-11,16,18,23H,6,9,12-15H2,1H3,(H,24,28). The Balaban J connectivity index is 1.41. The van der Waals surface area contributed by atoms with Crippen molar-refractivity contribution in [1.29, 1.82) is 0 Å². The van der Waals surface area contributed by atoms with Crippen molar-refractivity contribution in [1.82, 2.24) is 20.2 Å². The van der Waals surface area contributed by atoms with Crippen LogP contribution in [0.15, 0.2) is 54.9 Å². The predicted octanol–water partition coefficient (Wildman–Crippen LogP) is 3.02. The Morgan fingerprint density at radius 1 is 1.18 bits per heavy atom.